The number of rotatable bonds is 5. The Balaban J connectivity index is 2.28. The first-order chi connectivity index (χ1) is 10.1. The molecular formula is C19H28N2. The fraction of sp³-hybridized carbons (Fsp3) is 0.579. The molecule has 1 saturated heterocycles. The summed E-state index contributed by atoms with van der Waals surface area (Å²) in [5.41, 5.74) is 1.58. The van der Waals surface area contributed by atoms with Crippen LogP contribution in [0.25, 0.3) is 0 Å². The van der Waals surface area contributed by atoms with Gasteiger partial charge in [-0.05, 0) is 25.3 Å². The van der Waals surface area contributed by atoms with Crippen molar-refractivity contribution in [3.63, 3.8) is 0 Å². The van der Waals surface area contributed by atoms with E-state index in [0.29, 0.717) is 12.1 Å². The lowest BCUT2D eigenvalue weighted by Crippen LogP contribution is -2.61. The lowest BCUT2D eigenvalue weighted by Gasteiger charge is -2.49. The molecule has 0 radical (unpaired) electrons. The molecule has 1 aliphatic heterocycles. The van der Waals surface area contributed by atoms with Crippen molar-refractivity contribution in [2.24, 2.45) is 0 Å². The van der Waals surface area contributed by atoms with Crippen molar-refractivity contribution in [1.29, 1.82) is 0 Å². The van der Waals surface area contributed by atoms with Crippen molar-refractivity contribution < 1.29 is 0 Å². The second kappa shape index (κ2) is 7.11. The van der Waals surface area contributed by atoms with Crippen LogP contribution in [-0.4, -0.2) is 29.6 Å². The second-order valence-corrected chi connectivity index (χ2v) is 6.36. The zero-order valence-corrected chi connectivity index (χ0v) is 13.6. The summed E-state index contributed by atoms with van der Waals surface area (Å²) in [5.74, 6) is 2.87. The minimum Gasteiger partial charge on any atom is -0.308 e. The normalized spacial score (nSPS) is 28.0. The van der Waals surface area contributed by atoms with Gasteiger partial charge in [0.2, 0.25) is 0 Å². The molecule has 0 amide bonds. The molecule has 1 aromatic carbocycles. The summed E-state index contributed by atoms with van der Waals surface area (Å²) in [6, 6.07) is 11.7. The predicted octanol–water partition coefficient (Wildman–Crippen LogP) is 3.60. The van der Waals surface area contributed by atoms with Gasteiger partial charge in [0.15, 0.2) is 0 Å². The lowest BCUT2D eigenvalue weighted by molar-refractivity contribution is 0.0447. The third-order valence-electron chi connectivity index (χ3n) is 4.91. The topological polar surface area (TPSA) is 15.3 Å². The minimum atomic E-state index is 0.188. The van der Waals surface area contributed by atoms with E-state index in [4.69, 9.17) is 6.42 Å². The molecule has 3 unspecified atom stereocenters. The lowest BCUT2D eigenvalue weighted by atomic mass is 9.89. The molecule has 21 heavy (non-hydrogen) atoms. The second-order valence-electron chi connectivity index (χ2n) is 6.36. The molecule has 1 heterocycles. The number of nitrogens with one attached hydrogen (secondary N) is 1. The molecule has 2 rings (SSSR count). The van der Waals surface area contributed by atoms with E-state index in [-0.39, 0.29) is 5.54 Å². The monoisotopic (exact) mass is 284 g/mol. The molecular weight excluding hydrogens is 256 g/mol. The van der Waals surface area contributed by atoms with Crippen LogP contribution in [-0.2, 0) is 0 Å². The number of hydrogen-bond donors (Lipinski definition) is 1. The van der Waals surface area contributed by atoms with E-state index in [2.05, 4.69) is 67.2 Å². The van der Waals surface area contributed by atoms with Gasteiger partial charge < -0.3 is 5.32 Å². The van der Waals surface area contributed by atoms with Crippen LogP contribution in [0.2, 0.25) is 0 Å². The van der Waals surface area contributed by atoms with E-state index in [1.165, 1.54) is 5.56 Å². The van der Waals surface area contributed by atoms with Crippen LogP contribution in [0.4, 0.5) is 0 Å². The SMILES string of the molecule is C#CCC(CC)N1CC(C)(CC)NCC1c1ccccc1. The van der Waals surface area contributed by atoms with E-state index in [0.717, 1.165) is 32.4 Å². The largest absolute Gasteiger partial charge is 0.308 e. The van der Waals surface area contributed by atoms with E-state index in [9.17, 15) is 0 Å². The van der Waals surface area contributed by atoms with Gasteiger partial charge in [-0.1, -0.05) is 44.2 Å². The quantitative estimate of drug-likeness (QED) is 0.831. The highest BCUT2D eigenvalue weighted by atomic mass is 15.3. The molecule has 2 heteroatoms. The maximum Gasteiger partial charge on any atom is 0.0476 e. The van der Waals surface area contributed by atoms with Gasteiger partial charge >= 0.3 is 0 Å². The highest BCUT2D eigenvalue weighted by Crippen LogP contribution is 2.31. The number of nitrogens with zero attached hydrogens (tertiary/aromatic N) is 1. The van der Waals surface area contributed by atoms with Crippen LogP contribution < -0.4 is 5.32 Å². The minimum absolute atomic E-state index is 0.188. The Kier molecular flexibility index (Phi) is 5.45. The number of terminal acetylenes is 1. The molecule has 1 aromatic rings. The van der Waals surface area contributed by atoms with Gasteiger partial charge in [-0.3, -0.25) is 4.90 Å². The molecule has 2 nitrogen and oxygen atoms in total. The summed E-state index contributed by atoms with van der Waals surface area (Å²) >= 11 is 0. The summed E-state index contributed by atoms with van der Waals surface area (Å²) < 4.78 is 0. The molecule has 0 aliphatic carbocycles. The fourth-order valence-corrected chi connectivity index (χ4v) is 3.27. The Morgan fingerprint density at radius 1 is 1.38 bits per heavy atom. The van der Waals surface area contributed by atoms with Crippen molar-refractivity contribution in [2.45, 2.75) is 57.7 Å². The smallest absolute Gasteiger partial charge is 0.0476 e. The molecule has 0 saturated carbocycles. The summed E-state index contributed by atoms with van der Waals surface area (Å²) in [7, 11) is 0. The van der Waals surface area contributed by atoms with Crippen molar-refractivity contribution in [1.82, 2.24) is 10.2 Å². The summed E-state index contributed by atoms with van der Waals surface area (Å²) in [6.07, 6.45) is 8.68. The summed E-state index contributed by atoms with van der Waals surface area (Å²) in [6.45, 7) is 8.88. The number of benzene rings is 1. The zero-order chi connectivity index (χ0) is 15.3. The van der Waals surface area contributed by atoms with Crippen LogP contribution in [0.5, 0.6) is 0 Å². The van der Waals surface area contributed by atoms with Gasteiger partial charge in [-0.15, -0.1) is 12.3 Å². The first-order valence-corrected chi connectivity index (χ1v) is 8.12. The molecule has 0 bridgehead atoms. The highest BCUT2D eigenvalue weighted by Gasteiger charge is 2.37. The van der Waals surface area contributed by atoms with E-state index in [1.807, 2.05) is 0 Å². The molecule has 0 aromatic heterocycles. The average Bonchev–Trinajstić information content (AvgIpc) is 2.53. The molecule has 114 valence electrons. The van der Waals surface area contributed by atoms with E-state index < -0.39 is 0 Å². The van der Waals surface area contributed by atoms with Crippen LogP contribution in [0.15, 0.2) is 30.3 Å². The average molecular weight is 284 g/mol. The third-order valence-corrected chi connectivity index (χ3v) is 4.91. The standard InChI is InChI=1S/C19H28N2/c1-5-11-17(6-2)21-15-19(4,7-3)20-14-18(21)16-12-9-8-10-13-16/h1,8-10,12-13,17-18,20H,6-7,11,14-15H2,2-4H3. The maximum atomic E-state index is 5.60. The van der Waals surface area contributed by atoms with Crippen molar-refractivity contribution in [3.8, 4) is 12.3 Å². The summed E-state index contributed by atoms with van der Waals surface area (Å²) in [5, 5.41) is 3.75. The fourth-order valence-electron chi connectivity index (χ4n) is 3.27. The Labute approximate surface area is 129 Å². The van der Waals surface area contributed by atoms with Crippen molar-refractivity contribution in [2.75, 3.05) is 13.1 Å². The summed E-state index contributed by atoms with van der Waals surface area (Å²) in [4.78, 5) is 2.63. The van der Waals surface area contributed by atoms with Gasteiger partial charge in [-0.25, -0.2) is 0 Å². The zero-order valence-electron chi connectivity index (χ0n) is 13.6. The first-order valence-electron chi connectivity index (χ1n) is 8.12. The van der Waals surface area contributed by atoms with Gasteiger partial charge in [0.05, 0.1) is 0 Å². The molecule has 3 atom stereocenters. The van der Waals surface area contributed by atoms with Crippen molar-refractivity contribution in [3.05, 3.63) is 35.9 Å². The van der Waals surface area contributed by atoms with E-state index in [1.54, 1.807) is 0 Å². The molecule has 1 fully saturated rings. The maximum absolute atomic E-state index is 5.60. The first kappa shape index (κ1) is 16.1. The van der Waals surface area contributed by atoms with Crippen LogP contribution in [0.3, 0.4) is 0 Å². The van der Waals surface area contributed by atoms with Crippen LogP contribution >= 0.6 is 0 Å². The third kappa shape index (κ3) is 3.67. The van der Waals surface area contributed by atoms with E-state index >= 15 is 0 Å². The molecule has 1 N–H and O–H groups in total. The van der Waals surface area contributed by atoms with Gasteiger partial charge in [-0.2, -0.15) is 0 Å². The Morgan fingerprint density at radius 2 is 2.10 bits per heavy atom. The van der Waals surface area contributed by atoms with Gasteiger partial charge in [0.25, 0.3) is 0 Å². The van der Waals surface area contributed by atoms with Crippen molar-refractivity contribution >= 4 is 0 Å². The van der Waals surface area contributed by atoms with Gasteiger partial charge in [0.1, 0.15) is 0 Å². The molecule has 1 aliphatic rings. The number of hydrogen-bond acceptors (Lipinski definition) is 2. The Morgan fingerprint density at radius 3 is 2.67 bits per heavy atom. The highest BCUT2D eigenvalue weighted by molar-refractivity contribution is 5.21. The number of piperazine rings is 1. The Hall–Kier alpha value is -1.30. The Bertz CT molecular complexity index is 476. The van der Waals surface area contributed by atoms with Gasteiger partial charge in [0, 0.05) is 37.1 Å². The van der Waals surface area contributed by atoms with Crippen LogP contribution in [0, 0.1) is 12.3 Å². The molecule has 0 spiro atoms. The predicted molar refractivity (Wildman–Crippen MR) is 90.1 cm³/mol. The van der Waals surface area contributed by atoms with Crippen LogP contribution in [0.1, 0.15) is 51.6 Å².